The van der Waals surface area contributed by atoms with Crippen molar-refractivity contribution in [2.75, 3.05) is 6.61 Å². The zero-order valence-corrected chi connectivity index (χ0v) is 9.39. The highest BCUT2D eigenvalue weighted by molar-refractivity contribution is 6.32. The van der Waals surface area contributed by atoms with E-state index in [1.54, 1.807) is 12.1 Å². The third kappa shape index (κ3) is 4.46. The highest BCUT2D eigenvalue weighted by atomic mass is 35.5. The zero-order chi connectivity index (χ0) is 11.8. The summed E-state index contributed by atoms with van der Waals surface area (Å²) in [5.74, 6) is -0.102. The topological polar surface area (TPSA) is 74.9 Å². The van der Waals surface area contributed by atoms with E-state index in [9.17, 15) is 4.79 Å². The molecule has 1 N–H and O–H groups in total. The maximum absolute atomic E-state index is 11.2. The van der Waals surface area contributed by atoms with Gasteiger partial charge < -0.3 is 5.11 Å². The fraction of sp³-hybridized carbons (Fsp3) is 0.400. The molecule has 1 heterocycles. The smallest absolute Gasteiger partial charge is 0.264 e. The van der Waals surface area contributed by atoms with E-state index in [4.69, 9.17) is 16.7 Å². The molecule has 0 aliphatic heterocycles. The fourth-order valence-corrected chi connectivity index (χ4v) is 1.15. The van der Waals surface area contributed by atoms with Gasteiger partial charge in [0, 0.05) is 19.2 Å². The van der Waals surface area contributed by atoms with Gasteiger partial charge in [-0.3, -0.25) is 4.79 Å². The summed E-state index contributed by atoms with van der Waals surface area (Å²) in [5.41, 5.74) is 0. The molecule has 16 heavy (non-hydrogen) atoms. The average molecular weight is 242 g/mol. The molecule has 1 amide bonds. The molecule has 0 aromatic carbocycles. The van der Waals surface area contributed by atoms with Crippen molar-refractivity contribution in [3.63, 3.8) is 0 Å². The highest BCUT2D eigenvalue weighted by Gasteiger charge is 2.01. The number of hydrogen-bond donors (Lipinski definition) is 1. The number of aliphatic hydroxyl groups excluding tert-OH is 1. The summed E-state index contributed by atoms with van der Waals surface area (Å²) < 4.78 is 0. The van der Waals surface area contributed by atoms with Crippen LogP contribution in [0.2, 0.25) is 5.02 Å². The van der Waals surface area contributed by atoms with Crippen LogP contribution < -0.4 is 0 Å². The molecule has 0 atom stereocenters. The van der Waals surface area contributed by atoms with E-state index >= 15 is 0 Å². The first-order valence-corrected chi connectivity index (χ1v) is 5.28. The minimum absolute atomic E-state index is 0.0799. The van der Waals surface area contributed by atoms with Crippen molar-refractivity contribution in [3.05, 3.63) is 23.4 Å². The van der Waals surface area contributed by atoms with Crippen molar-refractivity contribution in [1.82, 2.24) is 4.98 Å². The number of nitrogens with zero attached hydrogens (tertiary/aromatic N) is 3. The normalized spacial score (nSPS) is 10.9. The maximum Gasteiger partial charge on any atom is 0.264 e. The second kappa shape index (κ2) is 7.03. The summed E-state index contributed by atoms with van der Waals surface area (Å²) in [7, 11) is 0. The molecule has 0 spiro atoms. The molecule has 0 unspecified atom stereocenters. The van der Waals surface area contributed by atoms with E-state index in [0.717, 1.165) is 0 Å². The van der Waals surface area contributed by atoms with Gasteiger partial charge in [0.05, 0.1) is 5.02 Å². The predicted molar refractivity (Wildman–Crippen MR) is 59.7 cm³/mol. The highest BCUT2D eigenvalue weighted by Crippen LogP contribution is 2.20. The van der Waals surface area contributed by atoms with E-state index in [1.165, 1.54) is 6.20 Å². The van der Waals surface area contributed by atoms with Gasteiger partial charge in [0.1, 0.15) is 0 Å². The molecule has 0 bridgehead atoms. The Morgan fingerprint density at radius 2 is 2.31 bits per heavy atom. The Kier molecular flexibility index (Phi) is 5.60. The van der Waals surface area contributed by atoms with Crippen molar-refractivity contribution in [3.8, 4) is 0 Å². The van der Waals surface area contributed by atoms with Crippen LogP contribution in [0.4, 0.5) is 5.82 Å². The van der Waals surface area contributed by atoms with Crippen LogP contribution in [0.15, 0.2) is 28.6 Å². The van der Waals surface area contributed by atoms with Crippen LogP contribution >= 0.6 is 11.6 Å². The average Bonchev–Trinajstić information content (AvgIpc) is 2.28. The number of carbonyl (C=O) groups is 1. The Morgan fingerprint density at radius 1 is 1.50 bits per heavy atom. The van der Waals surface area contributed by atoms with Crippen LogP contribution in [0.5, 0.6) is 0 Å². The van der Waals surface area contributed by atoms with Crippen LogP contribution in [0, 0.1) is 0 Å². The van der Waals surface area contributed by atoms with Crippen molar-refractivity contribution >= 4 is 23.3 Å². The van der Waals surface area contributed by atoms with Crippen LogP contribution in [0.25, 0.3) is 0 Å². The number of halogens is 1. The summed E-state index contributed by atoms with van der Waals surface area (Å²) in [6.07, 6.45) is 2.99. The fourth-order valence-electron chi connectivity index (χ4n) is 0.992. The molecular weight excluding hydrogens is 230 g/mol. The quantitative estimate of drug-likeness (QED) is 0.636. The number of carbonyl (C=O) groups excluding carboxylic acids is 1. The van der Waals surface area contributed by atoms with Crippen LogP contribution in [0.3, 0.4) is 0 Å². The lowest BCUT2D eigenvalue weighted by Gasteiger charge is -1.94. The third-order valence-electron chi connectivity index (χ3n) is 1.79. The molecule has 0 saturated heterocycles. The lowest BCUT2D eigenvalue weighted by Crippen LogP contribution is -1.93. The SMILES string of the molecule is O=C(CCCCO)N=Nc1ncccc1Cl. The van der Waals surface area contributed by atoms with Gasteiger partial charge in [-0.2, -0.15) is 0 Å². The van der Waals surface area contributed by atoms with Crippen LogP contribution in [-0.4, -0.2) is 22.6 Å². The van der Waals surface area contributed by atoms with Gasteiger partial charge >= 0.3 is 0 Å². The molecule has 0 aliphatic carbocycles. The maximum atomic E-state index is 11.2. The molecule has 0 radical (unpaired) electrons. The standard InChI is InChI=1S/C10H12ClN3O2/c11-8-4-3-6-12-10(8)14-13-9(16)5-1-2-7-15/h3-4,6,15H,1-2,5,7H2. The number of aliphatic hydroxyl groups is 1. The zero-order valence-electron chi connectivity index (χ0n) is 8.64. The van der Waals surface area contributed by atoms with E-state index in [2.05, 4.69) is 15.2 Å². The second-order valence-corrected chi connectivity index (χ2v) is 3.49. The van der Waals surface area contributed by atoms with Crippen molar-refractivity contribution in [1.29, 1.82) is 0 Å². The number of unbranched alkanes of at least 4 members (excludes halogenated alkanes) is 1. The number of rotatable bonds is 5. The largest absolute Gasteiger partial charge is 0.396 e. The molecule has 86 valence electrons. The molecule has 5 nitrogen and oxygen atoms in total. The number of pyridine rings is 1. The lowest BCUT2D eigenvalue weighted by molar-refractivity contribution is -0.118. The van der Waals surface area contributed by atoms with E-state index in [1.807, 2.05) is 0 Å². The molecule has 6 heteroatoms. The first-order chi connectivity index (χ1) is 7.74. The summed E-state index contributed by atoms with van der Waals surface area (Å²) in [6.45, 7) is 0.0799. The van der Waals surface area contributed by atoms with Crippen LogP contribution in [0.1, 0.15) is 19.3 Å². The number of azo groups is 1. The Balaban J connectivity index is 2.47. The van der Waals surface area contributed by atoms with Gasteiger partial charge in [-0.05, 0) is 25.0 Å². The molecule has 1 rings (SSSR count). The first-order valence-electron chi connectivity index (χ1n) is 4.90. The minimum Gasteiger partial charge on any atom is -0.396 e. The minimum atomic E-state index is -0.338. The Morgan fingerprint density at radius 3 is 3.00 bits per heavy atom. The van der Waals surface area contributed by atoms with Gasteiger partial charge in [-0.15, -0.1) is 10.2 Å². The van der Waals surface area contributed by atoms with Gasteiger partial charge in [-0.25, -0.2) is 4.98 Å². The Labute approximate surface area is 98.2 Å². The van der Waals surface area contributed by atoms with Crippen molar-refractivity contribution in [2.45, 2.75) is 19.3 Å². The van der Waals surface area contributed by atoms with Gasteiger partial charge in [0.25, 0.3) is 5.91 Å². The van der Waals surface area contributed by atoms with Gasteiger partial charge in [0.2, 0.25) is 0 Å². The summed E-state index contributed by atoms with van der Waals surface area (Å²) in [6, 6.07) is 3.30. The van der Waals surface area contributed by atoms with Crippen molar-refractivity contribution in [2.24, 2.45) is 10.2 Å². The third-order valence-corrected chi connectivity index (χ3v) is 2.09. The monoisotopic (exact) mass is 241 g/mol. The molecule has 1 aromatic rings. The summed E-state index contributed by atoms with van der Waals surface area (Å²) in [5, 5.41) is 16.0. The molecule has 0 aliphatic rings. The summed E-state index contributed by atoms with van der Waals surface area (Å²) >= 11 is 5.77. The van der Waals surface area contributed by atoms with E-state index in [0.29, 0.717) is 17.9 Å². The molecule has 0 saturated carbocycles. The first kappa shape index (κ1) is 12.7. The van der Waals surface area contributed by atoms with Crippen LogP contribution in [-0.2, 0) is 4.79 Å². The number of hydrogen-bond acceptors (Lipinski definition) is 4. The molecule has 1 aromatic heterocycles. The summed E-state index contributed by atoms with van der Waals surface area (Å²) in [4.78, 5) is 15.1. The lowest BCUT2D eigenvalue weighted by atomic mass is 10.2. The van der Waals surface area contributed by atoms with Crippen molar-refractivity contribution < 1.29 is 9.90 Å². The number of amides is 1. The Hall–Kier alpha value is -1.33. The predicted octanol–water partition coefficient (Wildman–Crippen LogP) is 2.51. The second-order valence-electron chi connectivity index (χ2n) is 3.08. The number of aromatic nitrogens is 1. The Bertz CT molecular complexity index is 382. The molecular formula is C10H12ClN3O2. The van der Waals surface area contributed by atoms with E-state index < -0.39 is 0 Å². The molecule has 0 fully saturated rings. The van der Waals surface area contributed by atoms with Gasteiger partial charge in [-0.1, -0.05) is 11.6 Å². The van der Waals surface area contributed by atoms with E-state index in [-0.39, 0.29) is 24.8 Å². The van der Waals surface area contributed by atoms with Gasteiger partial charge in [0.15, 0.2) is 5.82 Å².